The van der Waals surface area contributed by atoms with Crippen LogP contribution in [0.3, 0.4) is 0 Å². The molecule has 19 heteroatoms. The summed E-state index contributed by atoms with van der Waals surface area (Å²) in [6, 6.07) is -1.01. The number of carbonyl (C=O) groups excluding carboxylic acids is 1. The summed E-state index contributed by atoms with van der Waals surface area (Å²) in [6.45, 7) is 1.61. The van der Waals surface area contributed by atoms with Crippen molar-refractivity contribution in [2.24, 2.45) is 0 Å². The molecule has 3 saturated heterocycles. The second kappa shape index (κ2) is 69.3. The molecule has 17 atom stereocenters. The Morgan fingerprint density at radius 1 is 0.336 bits per heavy atom. The maximum atomic E-state index is 13.5. The van der Waals surface area contributed by atoms with E-state index in [0.717, 1.165) is 109 Å². The highest BCUT2D eigenvalue weighted by Crippen LogP contribution is 2.33. The van der Waals surface area contributed by atoms with Gasteiger partial charge in [-0.3, -0.25) is 4.79 Å². The third-order valence-electron chi connectivity index (χ3n) is 20.7. The average Bonchev–Trinajstić information content (AvgIpc) is 0.782. The molecule has 3 rings (SSSR count). The molecule has 0 aliphatic carbocycles. The Morgan fingerprint density at radius 3 is 1.02 bits per heavy atom. The number of carbonyl (C=O) groups is 1. The van der Waals surface area contributed by atoms with E-state index in [2.05, 4.69) is 141 Å². The van der Waals surface area contributed by atoms with Gasteiger partial charge in [-0.05, 0) is 109 Å². The van der Waals surface area contributed by atoms with E-state index in [4.69, 9.17) is 28.4 Å². The lowest BCUT2D eigenvalue weighted by atomic mass is 9.96. The molecular formula is C91H155NO18. The van der Waals surface area contributed by atoms with Gasteiger partial charge in [0.15, 0.2) is 18.9 Å². The Balaban J connectivity index is 1.33. The fraction of sp³-hybridized carbons (Fsp3) is 0.747. The lowest BCUT2D eigenvalue weighted by molar-refractivity contribution is -0.379. The van der Waals surface area contributed by atoms with Crippen LogP contribution in [0.4, 0.5) is 0 Å². The SMILES string of the molecule is CC/C=C\C/C=C\C/C=C\C/C=C\C/C=C\C/C=C\C/C=C\C/C=C\CCCCCCCCCCCCCCCCCCC(=O)NC(COC1OC(CO)C(OC2OC(CO)C(OC3OC(CO)C(O)C(O)C3O)C(O)C2O)C(O)C1O)C(O)/C=C/CC/C=C/CC/C=C/CCCCCCCCCCCCCCCC. The van der Waals surface area contributed by atoms with Crippen molar-refractivity contribution in [3.8, 4) is 0 Å². The van der Waals surface area contributed by atoms with E-state index < -0.39 is 124 Å². The van der Waals surface area contributed by atoms with Crippen LogP contribution < -0.4 is 5.32 Å². The zero-order valence-corrected chi connectivity index (χ0v) is 67.9. The number of aliphatic hydroxyl groups is 11. The van der Waals surface area contributed by atoms with Crippen molar-refractivity contribution >= 4 is 5.91 Å². The van der Waals surface area contributed by atoms with Crippen LogP contribution in [0.2, 0.25) is 0 Å². The summed E-state index contributed by atoms with van der Waals surface area (Å²) >= 11 is 0. The monoisotopic (exact) mass is 1550 g/mol. The van der Waals surface area contributed by atoms with Crippen LogP contribution in [0, 0.1) is 0 Å². The van der Waals surface area contributed by atoms with E-state index in [-0.39, 0.29) is 18.9 Å². The van der Waals surface area contributed by atoms with Crippen molar-refractivity contribution in [1.82, 2.24) is 5.32 Å². The minimum atomic E-state index is -1.99. The Labute approximate surface area is 664 Å². The number of nitrogens with one attached hydrogen (secondary N) is 1. The van der Waals surface area contributed by atoms with Crippen molar-refractivity contribution in [3.63, 3.8) is 0 Å². The van der Waals surface area contributed by atoms with Gasteiger partial charge in [0.25, 0.3) is 0 Å². The first-order chi connectivity index (χ1) is 53.8. The van der Waals surface area contributed by atoms with Crippen LogP contribution in [0.25, 0.3) is 0 Å². The third kappa shape index (κ3) is 47.7. The molecule has 0 saturated carbocycles. The molecule has 3 aliphatic rings. The van der Waals surface area contributed by atoms with Crippen LogP contribution in [0.5, 0.6) is 0 Å². The molecule has 632 valence electrons. The standard InChI is InChI=1S/C91H155NO18/c1-3-5-7-9-11-13-15-17-19-21-23-25-27-29-30-31-32-33-34-35-36-37-38-39-40-41-42-43-44-45-47-49-51-53-55-57-59-61-63-65-67-69-79(97)92-74(75(96)68-66-64-62-60-58-56-54-52-50-48-46-28-26-24-22-20-18-16-14-12-10-8-6-4-2)73-105-89-85(103)82(100)87(77(71-94)107-89)110-91-86(104)83(101)88(78(72-95)108-91)109-90-84(102)81(99)80(98)76(70-93)106-90/h5,7,11,13,17,19,23,25,29-30,32-33,35-36,38-39,50,52,58,60,66,68,74-78,80-91,93-96,98-104H,3-4,6,8-10,12,14-16,18,20-22,24,26-28,31,34,37,40-49,51,53-57,59,61-65,67,69-73H2,1-2H3,(H,92,97)/b7-5-,13-11-,19-17-,25-23-,30-29-,33-32-,36-35-,39-38-,52-50+,60-58+,68-66+. The molecule has 0 aromatic carbocycles. The molecule has 3 aliphatic heterocycles. The molecule has 19 nitrogen and oxygen atoms in total. The van der Waals surface area contributed by atoms with Gasteiger partial charge in [0.05, 0.1) is 38.6 Å². The van der Waals surface area contributed by atoms with Gasteiger partial charge in [0.2, 0.25) is 5.91 Å². The molecule has 3 fully saturated rings. The van der Waals surface area contributed by atoms with E-state index >= 15 is 0 Å². The minimum Gasteiger partial charge on any atom is -0.394 e. The van der Waals surface area contributed by atoms with Crippen LogP contribution in [0.15, 0.2) is 134 Å². The summed E-state index contributed by atoms with van der Waals surface area (Å²) in [5.74, 6) is -0.291. The van der Waals surface area contributed by atoms with Crippen molar-refractivity contribution < 1.29 is 89.4 Å². The fourth-order valence-corrected chi connectivity index (χ4v) is 13.8. The number of hydrogen-bond donors (Lipinski definition) is 12. The van der Waals surface area contributed by atoms with Gasteiger partial charge in [0, 0.05) is 6.42 Å². The number of ether oxygens (including phenoxy) is 6. The van der Waals surface area contributed by atoms with Gasteiger partial charge in [-0.15, -0.1) is 0 Å². The second-order valence-electron chi connectivity index (χ2n) is 30.2. The molecular weight excluding hydrogens is 1390 g/mol. The third-order valence-corrected chi connectivity index (χ3v) is 20.7. The summed E-state index contributed by atoms with van der Waals surface area (Å²) in [5.41, 5.74) is 0. The van der Waals surface area contributed by atoms with Crippen molar-refractivity contribution in [1.29, 1.82) is 0 Å². The van der Waals surface area contributed by atoms with Crippen LogP contribution >= 0.6 is 0 Å². The van der Waals surface area contributed by atoms with Crippen molar-refractivity contribution in [3.05, 3.63) is 134 Å². The number of unbranched alkanes of at least 4 members (excludes halogenated alkanes) is 32. The second-order valence-corrected chi connectivity index (χ2v) is 30.2. The predicted octanol–water partition coefficient (Wildman–Crippen LogP) is 16.0. The first-order valence-corrected chi connectivity index (χ1v) is 43.4. The lowest BCUT2D eigenvalue weighted by Crippen LogP contribution is -2.66. The topological polar surface area (TPSA) is 307 Å². The molecule has 0 aromatic heterocycles. The number of amides is 1. The largest absolute Gasteiger partial charge is 0.394 e. The zero-order valence-electron chi connectivity index (χ0n) is 67.9. The van der Waals surface area contributed by atoms with E-state index in [1.54, 1.807) is 6.08 Å². The molecule has 12 N–H and O–H groups in total. The summed E-state index contributed by atoms with van der Waals surface area (Å²) in [6.07, 6.45) is 73.0. The fourth-order valence-electron chi connectivity index (χ4n) is 13.8. The summed E-state index contributed by atoms with van der Waals surface area (Å²) in [7, 11) is 0. The molecule has 3 heterocycles. The van der Waals surface area contributed by atoms with Crippen LogP contribution in [-0.4, -0.2) is 193 Å². The summed E-state index contributed by atoms with van der Waals surface area (Å²) in [5, 5.41) is 121. The van der Waals surface area contributed by atoms with E-state index in [1.807, 2.05) is 6.08 Å². The number of rotatable bonds is 68. The predicted molar refractivity (Wildman–Crippen MR) is 443 cm³/mol. The quantitative estimate of drug-likeness (QED) is 0.0199. The number of allylic oxidation sites excluding steroid dienone is 21. The van der Waals surface area contributed by atoms with Gasteiger partial charge >= 0.3 is 0 Å². The molecule has 0 aromatic rings. The van der Waals surface area contributed by atoms with Gasteiger partial charge in [-0.2, -0.15) is 0 Å². The molecule has 0 radical (unpaired) electrons. The highest BCUT2D eigenvalue weighted by Gasteiger charge is 2.54. The normalized spacial score (nSPS) is 25.8. The van der Waals surface area contributed by atoms with Crippen molar-refractivity contribution in [2.75, 3.05) is 26.4 Å². The van der Waals surface area contributed by atoms with Gasteiger partial charge in [-0.1, -0.05) is 321 Å². The van der Waals surface area contributed by atoms with Gasteiger partial charge in [0.1, 0.15) is 73.2 Å². The Morgan fingerprint density at radius 2 is 0.636 bits per heavy atom. The van der Waals surface area contributed by atoms with Crippen molar-refractivity contribution in [2.45, 2.75) is 407 Å². The molecule has 110 heavy (non-hydrogen) atoms. The Hall–Kier alpha value is -4.07. The first kappa shape index (κ1) is 100. The summed E-state index contributed by atoms with van der Waals surface area (Å²) in [4.78, 5) is 13.5. The maximum Gasteiger partial charge on any atom is 0.220 e. The zero-order chi connectivity index (χ0) is 79.5. The van der Waals surface area contributed by atoms with Crippen LogP contribution in [-0.2, 0) is 33.2 Å². The maximum absolute atomic E-state index is 13.5. The van der Waals surface area contributed by atoms with E-state index in [0.29, 0.717) is 12.8 Å². The molecule has 0 bridgehead atoms. The molecule has 0 spiro atoms. The average molecular weight is 1550 g/mol. The molecule has 1 amide bonds. The summed E-state index contributed by atoms with van der Waals surface area (Å²) < 4.78 is 34.5. The number of hydrogen-bond acceptors (Lipinski definition) is 18. The van der Waals surface area contributed by atoms with E-state index in [1.165, 1.54) is 161 Å². The minimum absolute atomic E-state index is 0.226. The van der Waals surface area contributed by atoms with Crippen LogP contribution in [0.1, 0.15) is 303 Å². The lowest BCUT2D eigenvalue weighted by Gasteiger charge is -2.48. The Kier molecular flexibility index (Phi) is 63.0. The highest BCUT2D eigenvalue weighted by atomic mass is 16.8. The first-order valence-electron chi connectivity index (χ1n) is 43.4. The number of aliphatic hydroxyl groups excluding tert-OH is 11. The highest BCUT2D eigenvalue weighted by molar-refractivity contribution is 5.76. The Bertz CT molecular complexity index is 2510. The smallest absolute Gasteiger partial charge is 0.220 e. The molecule has 17 unspecified atom stereocenters. The van der Waals surface area contributed by atoms with E-state index in [9.17, 15) is 61.0 Å². The van der Waals surface area contributed by atoms with Gasteiger partial charge in [-0.25, -0.2) is 0 Å². The van der Waals surface area contributed by atoms with Gasteiger partial charge < -0.3 is 89.9 Å².